The van der Waals surface area contributed by atoms with Crippen molar-refractivity contribution >= 4 is 6.01 Å². The van der Waals surface area contributed by atoms with Crippen LogP contribution in [0.4, 0.5) is 6.01 Å². The number of unbranched alkanes of at least 4 members (excludes halogenated alkanes) is 2. The van der Waals surface area contributed by atoms with Crippen LogP contribution in [0.25, 0.3) is 11.5 Å². The molecule has 0 unspecified atom stereocenters. The predicted molar refractivity (Wildman–Crippen MR) is 81.8 cm³/mol. The maximum atomic E-state index is 5.83. The third-order valence-corrected chi connectivity index (χ3v) is 3.27. The lowest BCUT2D eigenvalue weighted by molar-refractivity contribution is 0.530. The van der Waals surface area contributed by atoms with Crippen molar-refractivity contribution in [1.82, 2.24) is 10.2 Å². The summed E-state index contributed by atoms with van der Waals surface area (Å²) < 4.78 is 5.83. The van der Waals surface area contributed by atoms with Crippen LogP contribution in [0, 0.1) is 0 Å². The van der Waals surface area contributed by atoms with Crippen molar-refractivity contribution in [2.45, 2.75) is 39.5 Å². The van der Waals surface area contributed by atoms with Crippen LogP contribution in [-0.4, -0.2) is 23.3 Å². The molecule has 2 rings (SSSR count). The fourth-order valence-electron chi connectivity index (χ4n) is 2.04. The van der Waals surface area contributed by atoms with Crippen LogP contribution < -0.4 is 4.90 Å². The molecule has 4 heteroatoms. The van der Waals surface area contributed by atoms with Gasteiger partial charge in [0, 0.05) is 18.7 Å². The Bertz CT molecular complexity index is 487. The zero-order chi connectivity index (χ0) is 14.2. The number of hydrogen-bond donors (Lipinski definition) is 0. The Morgan fingerprint density at radius 2 is 1.60 bits per heavy atom. The van der Waals surface area contributed by atoms with Crippen molar-refractivity contribution in [3.8, 4) is 11.5 Å². The van der Waals surface area contributed by atoms with E-state index in [4.69, 9.17) is 4.42 Å². The van der Waals surface area contributed by atoms with Crippen LogP contribution in [0.5, 0.6) is 0 Å². The van der Waals surface area contributed by atoms with Gasteiger partial charge >= 0.3 is 6.01 Å². The van der Waals surface area contributed by atoms with Gasteiger partial charge in [-0.3, -0.25) is 0 Å². The minimum absolute atomic E-state index is 0.596. The second-order valence-electron chi connectivity index (χ2n) is 4.95. The summed E-state index contributed by atoms with van der Waals surface area (Å²) in [7, 11) is 0. The van der Waals surface area contributed by atoms with Crippen LogP contribution in [0.15, 0.2) is 34.7 Å². The molecule has 0 N–H and O–H groups in total. The average molecular weight is 273 g/mol. The van der Waals surface area contributed by atoms with Crippen LogP contribution in [-0.2, 0) is 0 Å². The summed E-state index contributed by atoms with van der Waals surface area (Å²) in [5, 5.41) is 8.37. The molecule has 1 heterocycles. The topological polar surface area (TPSA) is 42.2 Å². The number of aromatic nitrogens is 2. The number of nitrogens with zero attached hydrogens (tertiary/aromatic N) is 3. The van der Waals surface area contributed by atoms with Gasteiger partial charge < -0.3 is 9.32 Å². The minimum Gasteiger partial charge on any atom is -0.403 e. The Balaban J connectivity index is 2.11. The van der Waals surface area contributed by atoms with Crippen molar-refractivity contribution in [2.75, 3.05) is 18.0 Å². The molecular formula is C16H23N3O. The lowest BCUT2D eigenvalue weighted by Crippen LogP contribution is -2.25. The minimum atomic E-state index is 0.596. The smallest absolute Gasteiger partial charge is 0.318 e. The second-order valence-corrected chi connectivity index (χ2v) is 4.95. The summed E-state index contributed by atoms with van der Waals surface area (Å²) in [6, 6.07) is 10.6. The first-order valence-electron chi connectivity index (χ1n) is 7.49. The van der Waals surface area contributed by atoms with E-state index in [1.165, 1.54) is 12.8 Å². The van der Waals surface area contributed by atoms with Gasteiger partial charge in [0.2, 0.25) is 5.89 Å². The van der Waals surface area contributed by atoms with E-state index in [1.54, 1.807) is 0 Å². The fourth-order valence-corrected chi connectivity index (χ4v) is 2.04. The SMILES string of the molecule is CCCCN(CCCC)c1nnc(-c2ccccc2)o1. The molecule has 0 bridgehead atoms. The third kappa shape index (κ3) is 3.83. The van der Waals surface area contributed by atoms with Crippen LogP contribution in [0.1, 0.15) is 39.5 Å². The summed E-state index contributed by atoms with van der Waals surface area (Å²) in [5.74, 6) is 0.596. The summed E-state index contributed by atoms with van der Waals surface area (Å²) in [5.41, 5.74) is 0.970. The first-order valence-corrected chi connectivity index (χ1v) is 7.49. The molecule has 2 aromatic rings. The lowest BCUT2D eigenvalue weighted by atomic mass is 10.2. The van der Waals surface area contributed by atoms with Gasteiger partial charge in [-0.2, -0.15) is 0 Å². The van der Waals surface area contributed by atoms with Gasteiger partial charge in [0.25, 0.3) is 0 Å². The Hall–Kier alpha value is -1.84. The zero-order valence-electron chi connectivity index (χ0n) is 12.4. The molecule has 0 saturated carbocycles. The third-order valence-electron chi connectivity index (χ3n) is 3.27. The van der Waals surface area contributed by atoms with Gasteiger partial charge in [-0.05, 0) is 25.0 Å². The van der Waals surface area contributed by atoms with Crippen LogP contribution >= 0.6 is 0 Å². The molecule has 0 spiro atoms. The zero-order valence-corrected chi connectivity index (χ0v) is 12.4. The highest BCUT2D eigenvalue weighted by atomic mass is 16.4. The van der Waals surface area contributed by atoms with Crippen molar-refractivity contribution in [3.05, 3.63) is 30.3 Å². The molecule has 0 amide bonds. The molecule has 0 radical (unpaired) electrons. The molecule has 1 aromatic carbocycles. The van der Waals surface area contributed by atoms with Crippen molar-refractivity contribution < 1.29 is 4.42 Å². The average Bonchev–Trinajstić information content (AvgIpc) is 2.98. The molecule has 1 aromatic heterocycles. The van der Waals surface area contributed by atoms with E-state index in [1.807, 2.05) is 30.3 Å². The van der Waals surface area contributed by atoms with E-state index in [0.717, 1.165) is 31.5 Å². The summed E-state index contributed by atoms with van der Waals surface area (Å²) in [6.07, 6.45) is 4.63. The fraction of sp³-hybridized carbons (Fsp3) is 0.500. The Labute approximate surface area is 120 Å². The van der Waals surface area contributed by atoms with Crippen molar-refractivity contribution in [2.24, 2.45) is 0 Å². The maximum absolute atomic E-state index is 5.83. The lowest BCUT2D eigenvalue weighted by Gasteiger charge is -2.19. The normalized spacial score (nSPS) is 10.7. The van der Waals surface area contributed by atoms with E-state index in [9.17, 15) is 0 Å². The van der Waals surface area contributed by atoms with E-state index >= 15 is 0 Å². The van der Waals surface area contributed by atoms with E-state index in [0.29, 0.717) is 11.9 Å². The van der Waals surface area contributed by atoms with Gasteiger partial charge in [-0.1, -0.05) is 50.0 Å². The maximum Gasteiger partial charge on any atom is 0.318 e. The Morgan fingerprint density at radius 1 is 0.950 bits per heavy atom. The van der Waals surface area contributed by atoms with Gasteiger partial charge in [0.1, 0.15) is 0 Å². The van der Waals surface area contributed by atoms with Gasteiger partial charge in [-0.25, -0.2) is 0 Å². The first kappa shape index (κ1) is 14.6. The van der Waals surface area contributed by atoms with E-state index in [2.05, 4.69) is 28.9 Å². The molecule has 0 aliphatic rings. The highest BCUT2D eigenvalue weighted by Crippen LogP contribution is 2.22. The summed E-state index contributed by atoms with van der Waals surface area (Å²) in [4.78, 5) is 2.20. The van der Waals surface area contributed by atoms with Crippen LogP contribution in [0.2, 0.25) is 0 Å². The molecular weight excluding hydrogens is 250 g/mol. The predicted octanol–water partition coefficient (Wildman–Crippen LogP) is 4.14. The quantitative estimate of drug-likeness (QED) is 0.724. The Kier molecular flexibility index (Phi) is 5.59. The van der Waals surface area contributed by atoms with Gasteiger partial charge in [-0.15, -0.1) is 5.10 Å². The number of hydrogen-bond acceptors (Lipinski definition) is 4. The van der Waals surface area contributed by atoms with Crippen molar-refractivity contribution in [3.63, 3.8) is 0 Å². The molecule has 0 saturated heterocycles. The number of benzene rings is 1. The highest BCUT2D eigenvalue weighted by molar-refractivity contribution is 5.53. The van der Waals surface area contributed by atoms with Crippen LogP contribution in [0.3, 0.4) is 0 Å². The molecule has 0 fully saturated rings. The largest absolute Gasteiger partial charge is 0.403 e. The molecule has 20 heavy (non-hydrogen) atoms. The Morgan fingerprint density at radius 3 is 2.20 bits per heavy atom. The van der Waals surface area contributed by atoms with E-state index in [-0.39, 0.29) is 0 Å². The molecule has 108 valence electrons. The standard InChI is InChI=1S/C16H23N3O/c1-3-5-12-19(13-6-4-2)16-18-17-15(20-16)14-10-8-7-9-11-14/h7-11H,3-6,12-13H2,1-2H3. The molecule has 4 nitrogen and oxygen atoms in total. The van der Waals surface area contributed by atoms with Crippen molar-refractivity contribution in [1.29, 1.82) is 0 Å². The second kappa shape index (κ2) is 7.68. The first-order chi connectivity index (χ1) is 9.85. The number of anilines is 1. The monoisotopic (exact) mass is 273 g/mol. The molecule has 0 aliphatic carbocycles. The molecule has 0 aliphatic heterocycles. The van der Waals surface area contributed by atoms with Gasteiger partial charge in [0.05, 0.1) is 0 Å². The van der Waals surface area contributed by atoms with Gasteiger partial charge in [0.15, 0.2) is 0 Å². The summed E-state index contributed by atoms with van der Waals surface area (Å²) in [6.45, 7) is 6.35. The van der Waals surface area contributed by atoms with E-state index < -0.39 is 0 Å². The highest BCUT2D eigenvalue weighted by Gasteiger charge is 2.14. The molecule has 0 atom stereocenters. The number of rotatable bonds is 8. The summed E-state index contributed by atoms with van der Waals surface area (Å²) >= 11 is 0.